The van der Waals surface area contributed by atoms with Crippen LogP contribution in [0.5, 0.6) is 0 Å². The van der Waals surface area contributed by atoms with Crippen LogP contribution in [0.1, 0.15) is 45.1 Å². The summed E-state index contributed by atoms with van der Waals surface area (Å²) in [7, 11) is 0. The van der Waals surface area contributed by atoms with Gasteiger partial charge in [-0.15, -0.1) is 0 Å². The van der Waals surface area contributed by atoms with Crippen LogP contribution in [0.25, 0.3) is 0 Å². The number of hydrogen-bond donors (Lipinski definition) is 3. The van der Waals surface area contributed by atoms with E-state index in [-0.39, 0.29) is 5.78 Å². The van der Waals surface area contributed by atoms with Crippen LogP contribution in [0.15, 0.2) is 42.6 Å². The first-order chi connectivity index (χ1) is 9.74. The number of carbonyl (C=O) groups excluding carboxylic acids is 1. The fourth-order valence-corrected chi connectivity index (χ4v) is 0.986. The van der Waals surface area contributed by atoms with Crippen LogP contribution >= 0.6 is 0 Å². The summed E-state index contributed by atoms with van der Waals surface area (Å²) in [6.07, 6.45) is 1.55. The van der Waals surface area contributed by atoms with Gasteiger partial charge in [-0.3, -0.25) is 15.7 Å². The van der Waals surface area contributed by atoms with Crippen molar-refractivity contribution in [3.8, 4) is 0 Å². The zero-order valence-corrected chi connectivity index (χ0v) is 13.0. The lowest BCUT2D eigenvalue weighted by Gasteiger charge is -1.94. The molecule has 2 aromatic rings. The van der Waals surface area contributed by atoms with E-state index in [2.05, 4.69) is 15.6 Å². The van der Waals surface area contributed by atoms with Crippen molar-refractivity contribution in [2.45, 2.75) is 34.6 Å². The molecule has 0 aliphatic carbocycles. The largest absolute Gasteiger partial charge is 0.324 e. The summed E-state index contributed by atoms with van der Waals surface area (Å²) in [5.74, 6) is 5.12. The maximum absolute atomic E-state index is 10.4. The molecule has 0 aliphatic heterocycles. The number of hydrogen-bond acceptors (Lipinski definition) is 4. The van der Waals surface area contributed by atoms with Gasteiger partial charge >= 0.3 is 0 Å². The van der Waals surface area contributed by atoms with Gasteiger partial charge in [0.25, 0.3) is 0 Å². The summed E-state index contributed by atoms with van der Waals surface area (Å²) in [6, 6.07) is 11.2. The average Bonchev–Trinajstić information content (AvgIpc) is 3.07. The monoisotopic (exact) mass is 278 g/mol. The van der Waals surface area contributed by atoms with Crippen LogP contribution in [0.2, 0.25) is 0 Å². The number of nitrogens with two attached hydrogens (primary N) is 1. The third-order valence-corrected chi connectivity index (χ3v) is 1.82. The summed E-state index contributed by atoms with van der Waals surface area (Å²) in [6.45, 7) is 9.49. The molecule has 0 spiro atoms. The van der Waals surface area contributed by atoms with Crippen LogP contribution in [0.3, 0.4) is 0 Å². The van der Waals surface area contributed by atoms with Crippen LogP contribution in [0, 0.1) is 0 Å². The van der Waals surface area contributed by atoms with E-state index in [1.807, 2.05) is 58.0 Å². The molecule has 0 saturated heterocycles. The molecule has 20 heavy (non-hydrogen) atoms. The number of benzene rings is 1. The number of nitrogen functional groups attached to an aromatic ring is 1. The molecule has 4 N–H and O–H groups in total. The Kier molecular flexibility index (Phi) is 15.1. The van der Waals surface area contributed by atoms with Gasteiger partial charge in [0.1, 0.15) is 5.69 Å². The predicted molar refractivity (Wildman–Crippen MR) is 85.5 cm³/mol. The molecule has 1 aromatic carbocycles. The van der Waals surface area contributed by atoms with E-state index >= 15 is 0 Å². The first-order valence-corrected chi connectivity index (χ1v) is 6.76. The molecular formula is C15H26N4O. The second-order valence-electron chi connectivity index (χ2n) is 3.04. The molecule has 1 heterocycles. The molecule has 0 unspecified atom stereocenters. The standard InChI is InChI=1S/C6H8N2.C5H6N2O.2C2H6/c7-8-6-4-2-1-3-5-6;1-4(8)5-2-3-6-7-5;2*1-2/h1-5,8H,7H2;2-3H,1H3,(H,6,7);2*1-2H3. The minimum atomic E-state index is 0.0162. The molecule has 0 bridgehead atoms. The Labute approximate surface area is 121 Å². The Morgan fingerprint density at radius 3 is 1.90 bits per heavy atom. The molecule has 2 rings (SSSR count). The zero-order chi connectivity index (χ0) is 15.8. The van der Waals surface area contributed by atoms with Crippen molar-refractivity contribution in [2.75, 3.05) is 5.43 Å². The normalized spacial score (nSPS) is 7.70. The number of nitrogens with zero attached hydrogens (tertiary/aromatic N) is 1. The zero-order valence-electron chi connectivity index (χ0n) is 13.0. The molecule has 0 atom stereocenters. The highest BCUT2D eigenvalue weighted by Crippen LogP contribution is 2.00. The van der Waals surface area contributed by atoms with Crippen LogP contribution in [-0.4, -0.2) is 16.0 Å². The van der Waals surface area contributed by atoms with Crippen molar-refractivity contribution in [3.63, 3.8) is 0 Å². The highest BCUT2D eigenvalue weighted by atomic mass is 16.1. The number of carbonyl (C=O) groups is 1. The van der Waals surface area contributed by atoms with Crippen molar-refractivity contribution in [1.29, 1.82) is 0 Å². The Balaban J connectivity index is 0. The lowest BCUT2D eigenvalue weighted by Crippen LogP contribution is -2.05. The average molecular weight is 278 g/mol. The Bertz CT molecular complexity index is 413. The van der Waals surface area contributed by atoms with Crippen LogP contribution in [-0.2, 0) is 0 Å². The van der Waals surface area contributed by atoms with E-state index in [0.29, 0.717) is 5.69 Å². The smallest absolute Gasteiger partial charge is 0.177 e. The number of Topliss-reactive ketones (excluding diaryl/α,β-unsaturated/α-hetero) is 1. The summed E-state index contributed by atoms with van der Waals surface area (Å²) < 4.78 is 0. The van der Waals surface area contributed by atoms with Crippen LogP contribution in [0.4, 0.5) is 5.69 Å². The van der Waals surface area contributed by atoms with Gasteiger partial charge < -0.3 is 5.43 Å². The Morgan fingerprint density at radius 2 is 1.65 bits per heavy atom. The van der Waals surface area contributed by atoms with E-state index in [1.165, 1.54) is 6.92 Å². The summed E-state index contributed by atoms with van der Waals surface area (Å²) in [5.41, 5.74) is 4.02. The van der Waals surface area contributed by atoms with E-state index in [1.54, 1.807) is 12.3 Å². The van der Waals surface area contributed by atoms with E-state index in [0.717, 1.165) is 5.69 Å². The predicted octanol–water partition coefficient (Wildman–Crippen LogP) is 3.64. The lowest BCUT2D eigenvalue weighted by molar-refractivity contribution is 0.101. The maximum Gasteiger partial charge on any atom is 0.177 e. The molecule has 0 fully saturated rings. The maximum atomic E-state index is 10.4. The molecule has 5 heteroatoms. The molecule has 0 radical (unpaired) electrons. The van der Waals surface area contributed by atoms with Crippen LogP contribution < -0.4 is 11.3 Å². The fourth-order valence-electron chi connectivity index (χ4n) is 0.986. The number of anilines is 1. The lowest BCUT2D eigenvalue weighted by atomic mass is 10.3. The van der Waals surface area contributed by atoms with E-state index in [9.17, 15) is 4.79 Å². The van der Waals surface area contributed by atoms with Crippen molar-refractivity contribution < 1.29 is 4.79 Å². The van der Waals surface area contributed by atoms with Crippen molar-refractivity contribution >= 4 is 11.5 Å². The van der Waals surface area contributed by atoms with Gasteiger partial charge in [-0.2, -0.15) is 5.10 Å². The SMILES string of the molecule is CC.CC.CC(=O)c1ccn[nH]1.NNc1ccccc1. The third-order valence-electron chi connectivity index (χ3n) is 1.82. The summed E-state index contributed by atoms with van der Waals surface area (Å²) in [5, 5.41) is 6.13. The van der Waals surface area contributed by atoms with Gasteiger partial charge in [-0.1, -0.05) is 45.9 Å². The third kappa shape index (κ3) is 9.85. The minimum absolute atomic E-state index is 0.0162. The van der Waals surface area contributed by atoms with Crippen molar-refractivity contribution in [1.82, 2.24) is 10.2 Å². The van der Waals surface area contributed by atoms with Gasteiger partial charge in [0.2, 0.25) is 0 Å². The highest BCUT2D eigenvalue weighted by molar-refractivity contribution is 5.91. The van der Waals surface area contributed by atoms with E-state index < -0.39 is 0 Å². The fraction of sp³-hybridized carbons (Fsp3) is 0.333. The Morgan fingerprint density at radius 1 is 1.10 bits per heavy atom. The molecule has 0 aliphatic rings. The molecule has 1 aromatic heterocycles. The van der Waals surface area contributed by atoms with Gasteiger partial charge in [0.15, 0.2) is 5.78 Å². The molecule has 5 nitrogen and oxygen atoms in total. The summed E-state index contributed by atoms with van der Waals surface area (Å²) in [4.78, 5) is 10.4. The number of aromatic amines is 1. The number of ketones is 1. The highest BCUT2D eigenvalue weighted by Gasteiger charge is 1.95. The quantitative estimate of drug-likeness (QED) is 0.445. The number of H-pyrrole nitrogens is 1. The number of aromatic nitrogens is 2. The second kappa shape index (κ2) is 14.9. The molecule has 0 saturated carbocycles. The number of rotatable bonds is 2. The van der Waals surface area contributed by atoms with Gasteiger partial charge in [-0.25, -0.2) is 0 Å². The number of para-hydroxylation sites is 1. The number of hydrazine groups is 1. The molecular weight excluding hydrogens is 252 g/mol. The molecule has 112 valence electrons. The second-order valence-corrected chi connectivity index (χ2v) is 3.04. The van der Waals surface area contributed by atoms with Crippen molar-refractivity contribution in [3.05, 3.63) is 48.3 Å². The van der Waals surface area contributed by atoms with E-state index in [4.69, 9.17) is 5.84 Å². The summed E-state index contributed by atoms with van der Waals surface area (Å²) >= 11 is 0. The number of nitrogens with one attached hydrogen (secondary N) is 2. The van der Waals surface area contributed by atoms with Gasteiger partial charge in [-0.05, 0) is 18.2 Å². The van der Waals surface area contributed by atoms with Gasteiger partial charge in [0, 0.05) is 18.8 Å². The first kappa shape index (κ1) is 20.2. The first-order valence-electron chi connectivity index (χ1n) is 6.76. The minimum Gasteiger partial charge on any atom is -0.324 e. The molecule has 0 amide bonds. The van der Waals surface area contributed by atoms with Gasteiger partial charge in [0.05, 0.1) is 0 Å². The topological polar surface area (TPSA) is 83.8 Å². The van der Waals surface area contributed by atoms with Crippen molar-refractivity contribution in [2.24, 2.45) is 5.84 Å². The Hall–Kier alpha value is -2.14.